The van der Waals surface area contributed by atoms with Crippen LogP contribution in [-0.2, 0) is 9.47 Å². The summed E-state index contributed by atoms with van der Waals surface area (Å²) in [6.07, 6.45) is 2.44. The van der Waals surface area contributed by atoms with Gasteiger partial charge in [0, 0.05) is 25.2 Å². The van der Waals surface area contributed by atoms with E-state index >= 15 is 0 Å². The van der Waals surface area contributed by atoms with Crippen LogP contribution < -0.4 is 5.32 Å². The van der Waals surface area contributed by atoms with Crippen molar-refractivity contribution in [2.75, 3.05) is 32.8 Å². The first-order valence-corrected chi connectivity index (χ1v) is 7.98. The minimum absolute atomic E-state index is 0.273. The molecule has 0 aliphatic rings. The molecule has 0 aromatic carbocycles. The largest absolute Gasteiger partial charge is 0.444 e. The van der Waals surface area contributed by atoms with Crippen molar-refractivity contribution in [3.63, 3.8) is 0 Å². The summed E-state index contributed by atoms with van der Waals surface area (Å²) in [6.45, 7) is 18.8. The third kappa shape index (κ3) is 10.6. The van der Waals surface area contributed by atoms with E-state index in [0.29, 0.717) is 26.3 Å². The highest BCUT2D eigenvalue weighted by Crippen LogP contribution is 2.17. The molecule has 0 rings (SSSR count). The first kappa shape index (κ1) is 20.9. The van der Waals surface area contributed by atoms with E-state index in [1.807, 2.05) is 47.6 Å². The molecular formula is C17H34N2O3. The van der Waals surface area contributed by atoms with Gasteiger partial charge in [0.25, 0.3) is 0 Å². The van der Waals surface area contributed by atoms with E-state index in [-0.39, 0.29) is 11.6 Å². The average Bonchev–Trinajstić information content (AvgIpc) is 2.33. The van der Waals surface area contributed by atoms with Gasteiger partial charge in [-0.2, -0.15) is 0 Å². The van der Waals surface area contributed by atoms with Crippen molar-refractivity contribution in [1.82, 2.24) is 10.2 Å². The summed E-state index contributed by atoms with van der Waals surface area (Å²) in [4.78, 5) is 14.0. The van der Waals surface area contributed by atoms with Crippen molar-refractivity contribution in [3.8, 4) is 0 Å². The lowest BCUT2D eigenvalue weighted by molar-refractivity contribution is 0.00655. The van der Waals surface area contributed by atoms with Crippen LogP contribution in [0, 0.1) is 0 Å². The predicted octanol–water partition coefficient (Wildman–Crippen LogP) is 3.20. The number of amides is 1. The highest BCUT2D eigenvalue weighted by molar-refractivity contribution is 5.69. The quantitative estimate of drug-likeness (QED) is 0.524. The molecule has 0 aromatic heterocycles. The number of rotatable bonds is 9. The van der Waals surface area contributed by atoms with Crippen LogP contribution in [0.5, 0.6) is 0 Å². The summed E-state index contributed by atoms with van der Waals surface area (Å²) in [5, 5.41) is 3.28. The number of hydrogen-bond acceptors (Lipinski definition) is 4. The molecule has 0 heterocycles. The predicted molar refractivity (Wildman–Crippen MR) is 91.2 cm³/mol. The van der Waals surface area contributed by atoms with Gasteiger partial charge < -0.3 is 19.7 Å². The summed E-state index contributed by atoms with van der Waals surface area (Å²) < 4.78 is 10.9. The number of carbonyl (C=O) groups is 1. The Morgan fingerprint density at radius 3 is 2.27 bits per heavy atom. The van der Waals surface area contributed by atoms with Crippen molar-refractivity contribution in [3.05, 3.63) is 12.7 Å². The summed E-state index contributed by atoms with van der Waals surface area (Å²) in [6, 6.07) is 0. The van der Waals surface area contributed by atoms with Gasteiger partial charge in [-0.15, -0.1) is 6.58 Å². The van der Waals surface area contributed by atoms with Crippen LogP contribution >= 0.6 is 0 Å². The van der Waals surface area contributed by atoms with Gasteiger partial charge in [0.1, 0.15) is 5.60 Å². The number of carbonyl (C=O) groups excluding carboxylic acids is 1. The van der Waals surface area contributed by atoms with E-state index in [2.05, 4.69) is 11.9 Å². The van der Waals surface area contributed by atoms with E-state index in [1.54, 1.807) is 4.90 Å². The smallest absolute Gasteiger partial charge is 0.410 e. The van der Waals surface area contributed by atoms with Crippen molar-refractivity contribution in [2.45, 2.75) is 59.1 Å². The number of nitrogens with zero attached hydrogens (tertiary/aromatic N) is 1. The van der Waals surface area contributed by atoms with Gasteiger partial charge in [-0.1, -0.05) is 6.08 Å². The zero-order valence-electron chi connectivity index (χ0n) is 15.2. The highest BCUT2D eigenvalue weighted by Gasteiger charge is 2.30. The molecule has 22 heavy (non-hydrogen) atoms. The summed E-state index contributed by atoms with van der Waals surface area (Å²) in [7, 11) is 0. The molecular weight excluding hydrogens is 280 g/mol. The number of nitrogens with one attached hydrogen (secondary N) is 1. The van der Waals surface area contributed by atoms with Crippen LogP contribution in [0.15, 0.2) is 12.7 Å². The van der Waals surface area contributed by atoms with Gasteiger partial charge in [0.05, 0.1) is 13.2 Å². The van der Waals surface area contributed by atoms with Crippen LogP contribution in [0.2, 0.25) is 0 Å². The van der Waals surface area contributed by atoms with Gasteiger partial charge >= 0.3 is 6.09 Å². The van der Waals surface area contributed by atoms with Gasteiger partial charge in [-0.25, -0.2) is 4.79 Å². The third-order valence-electron chi connectivity index (χ3n) is 2.83. The molecule has 0 aliphatic heterocycles. The fourth-order valence-electron chi connectivity index (χ4n) is 1.75. The number of ether oxygens (including phenoxy) is 2. The molecule has 0 saturated carbocycles. The third-order valence-corrected chi connectivity index (χ3v) is 2.83. The molecule has 0 aliphatic carbocycles. The first-order valence-electron chi connectivity index (χ1n) is 7.98. The SMILES string of the molecule is C=CCCOCCNCCN(C(=O)OC(C)(C)C)C(C)(C)C. The Morgan fingerprint density at radius 1 is 1.14 bits per heavy atom. The van der Waals surface area contributed by atoms with Crippen LogP contribution in [-0.4, -0.2) is 55.0 Å². The second-order valence-corrected chi connectivity index (χ2v) is 7.24. The maximum Gasteiger partial charge on any atom is 0.410 e. The van der Waals surface area contributed by atoms with E-state index in [1.165, 1.54) is 0 Å². The zero-order valence-corrected chi connectivity index (χ0v) is 15.2. The van der Waals surface area contributed by atoms with Crippen molar-refractivity contribution >= 4 is 6.09 Å². The topological polar surface area (TPSA) is 50.8 Å². The molecule has 0 atom stereocenters. The Kier molecular flexibility index (Phi) is 9.37. The van der Waals surface area contributed by atoms with E-state index in [4.69, 9.17) is 9.47 Å². The van der Waals surface area contributed by atoms with Crippen molar-refractivity contribution in [2.24, 2.45) is 0 Å². The Balaban J connectivity index is 4.12. The van der Waals surface area contributed by atoms with Crippen molar-refractivity contribution < 1.29 is 14.3 Å². The standard InChI is InChI=1S/C17H34N2O3/c1-8-9-13-21-14-11-18-10-12-19(16(2,3)4)15(20)22-17(5,6)7/h8,18H,1,9-14H2,2-7H3. The molecule has 1 N–H and O–H groups in total. The zero-order chi connectivity index (χ0) is 17.2. The Bertz CT molecular complexity index is 330. The van der Waals surface area contributed by atoms with Crippen LogP contribution in [0.4, 0.5) is 4.79 Å². The molecule has 0 aromatic rings. The highest BCUT2D eigenvalue weighted by atomic mass is 16.6. The van der Waals surface area contributed by atoms with E-state index < -0.39 is 5.60 Å². The fraction of sp³-hybridized carbons (Fsp3) is 0.824. The van der Waals surface area contributed by atoms with Gasteiger partial charge in [0.15, 0.2) is 0 Å². The summed E-state index contributed by atoms with van der Waals surface area (Å²) >= 11 is 0. The lowest BCUT2D eigenvalue weighted by Gasteiger charge is -2.36. The van der Waals surface area contributed by atoms with Crippen molar-refractivity contribution in [1.29, 1.82) is 0 Å². The fourth-order valence-corrected chi connectivity index (χ4v) is 1.75. The molecule has 0 radical (unpaired) electrons. The molecule has 0 fully saturated rings. The lowest BCUT2D eigenvalue weighted by atomic mass is 10.1. The minimum atomic E-state index is -0.479. The number of hydrogen-bond donors (Lipinski definition) is 1. The monoisotopic (exact) mass is 314 g/mol. The molecule has 0 spiro atoms. The molecule has 1 amide bonds. The Morgan fingerprint density at radius 2 is 1.77 bits per heavy atom. The maximum absolute atomic E-state index is 12.3. The average molecular weight is 314 g/mol. The summed E-state index contributed by atoms with van der Waals surface area (Å²) in [5.41, 5.74) is -0.753. The second kappa shape index (κ2) is 9.85. The van der Waals surface area contributed by atoms with E-state index in [9.17, 15) is 4.79 Å². The van der Waals surface area contributed by atoms with Crippen LogP contribution in [0.25, 0.3) is 0 Å². The Hall–Kier alpha value is -1.07. The molecule has 5 heteroatoms. The minimum Gasteiger partial charge on any atom is -0.444 e. The molecule has 130 valence electrons. The van der Waals surface area contributed by atoms with Gasteiger partial charge in [-0.05, 0) is 48.0 Å². The van der Waals surface area contributed by atoms with Crippen LogP contribution in [0.1, 0.15) is 48.0 Å². The molecule has 0 saturated heterocycles. The molecule has 0 bridgehead atoms. The first-order chi connectivity index (χ1) is 10.1. The van der Waals surface area contributed by atoms with E-state index in [0.717, 1.165) is 13.0 Å². The normalized spacial score (nSPS) is 12.1. The molecule has 0 unspecified atom stereocenters. The van der Waals surface area contributed by atoms with Gasteiger partial charge in [-0.3, -0.25) is 0 Å². The maximum atomic E-state index is 12.3. The van der Waals surface area contributed by atoms with Crippen LogP contribution in [0.3, 0.4) is 0 Å². The van der Waals surface area contributed by atoms with Gasteiger partial charge in [0.2, 0.25) is 0 Å². The second-order valence-electron chi connectivity index (χ2n) is 7.24. The summed E-state index contributed by atoms with van der Waals surface area (Å²) in [5.74, 6) is 0. The Labute approximate surface area is 136 Å². The molecule has 5 nitrogen and oxygen atoms in total. The lowest BCUT2D eigenvalue weighted by Crippen LogP contribution is -2.50.